The Morgan fingerprint density at radius 2 is 1.10 bits per heavy atom. The first kappa shape index (κ1) is 40.7. The van der Waals surface area contributed by atoms with Crippen molar-refractivity contribution in [3.05, 3.63) is 192 Å². The number of fused-ring (bicyclic) bond motifs is 16. The molecule has 0 saturated heterocycles. The van der Waals surface area contributed by atoms with E-state index in [-0.39, 0.29) is 12.3 Å². The molecule has 0 fully saturated rings. The first-order valence-corrected chi connectivity index (χ1v) is 25.8. The zero-order valence-electron chi connectivity index (χ0n) is 40.2. The molecule has 3 nitrogen and oxygen atoms in total. The summed E-state index contributed by atoms with van der Waals surface area (Å²) in [4.78, 5) is 2.76. The Morgan fingerprint density at radius 3 is 1.86 bits per heavy atom. The lowest BCUT2D eigenvalue weighted by atomic mass is 9.43. The number of aryl methyl sites for hydroxylation is 2. The maximum Gasteiger partial charge on any atom is 0.333 e. The average molecular weight is 890 g/mol. The van der Waals surface area contributed by atoms with Gasteiger partial charge in [0.15, 0.2) is 0 Å². The van der Waals surface area contributed by atoms with Crippen LogP contribution in [0.3, 0.4) is 0 Å². The van der Waals surface area contributed by atoms with Gasteiger partial charge < -0.3 is 13.9 Å². The van der Waals surface area contributed by atoms with E-state index in [1.54, 1.807) is 0 Å². The summed E-state index contributed by atoms with van der Waals surface area (Å²) in [6, 6.07) is 66.1. The lowest BCUT2D eigenvalue weighted by Gasteiger charge is -2.43. The number of rotatable bonds is 10. The highest BCUT2D eigenvalue weighted by molar-refractivity contribution is 6.93. The third-order valence-electron chi connectivity index (χ3n) is 16.5. The molecule has 0 atom stereocenters. The zero-order chi connectivity index (χ0) is 46.1. The Bertz CT molecular complexity index is 3870. The normalized spacial score (nSPS) is 14.0. The van der Waals surface area contributed by atoms with Gasteiger partial charge in [0.25, 0.3) is 0 Å². The Morgan fingerprint density at radius 1 is 0.449 bits per heavy atom. The summed E-state index contributed by atoms with van der Waals surface area (Å²) in [5.74, 6) is 0. The second-order valence-corrected chi connectivity index (χ2v) is 20.8. The molecular weight excluding hydrogens is 834 g/mol. The molecule has 4 heteroatoms. The zero-order valence-corrected chi connectivity index (χ0v) is 40.2. The number of hydrogen-bond acceptors (Lipinski definition) is 1. The maximum absolute atomic E-state index is 2.76. The molecular formula is C65H56BN3. The van der Waals surface area contributed by atoms with E-state index in [1.165, 1.54) is 171 Å². The highest BCUT2D eigenvalue weighted by Gasteiger charge is 2.47. The van der Waals surface area contributed by atoms with Crippen molar-refractivity contribution in [3.63, 3.8) is 0 Å². The SMILES string of the molecule is CCCCCc1ccc(N2B3c4cc(CCCCC)ccc4-n4c5c3c(cc(-n3c6ccccc6c6ccccc63)c5c3ccc5ccccc5c34)-c3cc4c(cc32)-c2ccccc2C4(C)C)cc1. The van der Waals surface area contributed by atoms with Crippen LogP contribution in [0.5, 0.6) is 0 Å². The summed E-state index contributed by atoms with van der Waals surface area (Å²) < 4.78 is 5.30. The van der Waals surface area contributed by atoms with Crippen molar-refractivity contribution < 1.29 is 0 Å². The number of unbranched alkanes of at least 4 members (excludes halogenated alkanes) is 4. The first-order chi connectivity index (χ1) is 33.9. The average Bonchev–Trinajstić information content (AvgIpc) is 3.99. The quantitative estimate of drug-likeness (QED) is 0.0985. The van der Waals surface area contributed by atoms with E-state index >= 15 is 0 Å². The monoisotopic (exact) mass is 889 g/mol. The number of nitrogens with zero attached hydrogens (tertiary/aromatic N) is 3. The third-order valence-corrected chi connectivity index (χ3v) is 16.5. The molecule has 9 aromatic carbocycles. The molecule has 11 aromatic rings. The van der Waals surface area contributed by atoms with E-state index in [9.17, 15) is 0 Å². The highest BCUT2D eigenvalue weighted by Crippen LogP contribution is 2.55. The summed E-state index contributed by atoms with van der Waals surface area (Å²) in [6.45, 7) is 9.41. The van der Waals surface area contributed by atoms with Crippen LogP contribution in [0, 0.1) is 0 Å². The van der Waals surface area contributed by atoms with Crippen molar-refractivity contribution in [2.45, 2.75) is 84.5 Å². The fourth-order valence-corrected chi connectivity index (χ4v) is 13.2. The van der Waals surface area contributed by atoms with E-state index in [0.717, 1.165) is 12.8 Å². The van der Waals surface area contributed by atoms with Gasteiger partial charge in [-0.15, -0.1) is 0 Å². The summed E-state index contributed by atoms with van der Waals surface area (Å²) in [6.07, 6.45) is 9.54. The summed E-state index contributed by atoms with van der Waals surface area (Å²) in [7, 11) is 0. The lowest BCUT2D eigenvalue weighted by Crippen LogP contribution is -2.60. The van der Waals surface area contributed by atoms with Crippen LogP contribution in [0.1, 0.15) is 88.5 Å². The molecule has 334 valence electrons. The number of para-hydroxylation sites is 2. The van der Waals surface area contributed by atoms with Gasteiger partial charge in [0.2, 0.25) is 0 Å². The topological polar surface area (TPSA) is 13.1 Å². The van der Waals surface area contributed by atoms with Gasteiger partial charge in [-0.3, -0.25) is 0 Å². The van der Waals surface area contributed by atoms with E-state index in [2.05, 4.69) is 211 Å². The molecule has 2 aliphatic heterocycles. The number of benzene rings is 9. The fraction of sp³-hybridized carbons (Fsp3) is 0.200. The van der Waals surface area contributed by atoms with E-state index in [1.807, 2.05) is 0 Å². The van der Waals surface area contributed by atoms with Gasteiger partial charge in [-0.05, 0) is 129 Å². The van der Waals surface area contributed by atoms with Crippen molar-refractivity contribution in [3.8, 4) is 33.6 Å². The molecule has 0 spiro atoms. The molecule has 2 aromatic heterocycles. The number of anilines is 2. The van der Waals surface area contributed by atoms with Gasteiger partial charge in [0.05, 0.1) is 27.8 Å². The van der Waals surface area contributed by atoms with E-state index in [0.29, 0.717) is 0 Å². The molecule has 0 unspecified atom stereocenters. The third kappa shape index (κ3) is 5.75. The summed E-state index contributed by atoms with van der Waals surface area (Å²) >= 11 is 0. The fourth-order valence-electron chi connectivity index (χ4n) is 13.2. The van der Waals surface area contributed by atoms with Gasteiger partial charge >= 0.3 is 6.85 Å². The van der Waals surface area contributed by atoms with Crippen LogP contribution in [0.25, 0.3) is 88.0 Å². The van der Waals surface area contributed by atoms with Crippen LogP contribution in [0.2, 0.25) is 0 Å². The molecule has 0 N–H and O–H groups in total. The molecule has 0 bridgehead atoms. The standard InChI is InChI=1S/C65H56BN3/c1-5-7-9-19-41-29-33-44(34-30-41)69-59-39-50-46-23-13-16-26-53(46)65(3,4)54(50)38-51(59)52-40-60(67-56-27-17-14-24-47(56)48-25-15-18-28-57(48)67)61-49-35-32-43-21-11-12-22-45(43)63(49)68-58-36-31-42(20-10-8-6-2)37-55(58)66(69)62(52)64(61)68/h11-18,21-40H,5-10,19-20H2,1-4H3. The molecule has 0 saturated carbocycles. The van der Waals surface area contributed by atoms with Gasteiger partial charge in [-0.2, -0.15) is 0 Å². The van der Waals surface area contributed by atoms with Crippen LogP contribution >= 0.6 is 0 Å². The van der Waals surface area contributed by atoms with Crippen LogP contribution in [-0.2, 0) is 18.3 Å². The largest absolute Gasteiger partial charge is 0.376 e. The Labute approximate surface area is 405 Å². The van der Waals surface area contributed by atoms with E-state index in [4.69, 9.17) is 0 Å². The Kier molecular flexibility index (Phi) is 9.07. The molecule has 14 rings (SSSR count). The number of hydrogen-bond donors (Lipinski definition) is 0. The van der Waals surface area contributed by atoms with Crippen LogP contribution in [0.15, 0.2) is 170 Å². The predicted molar refractivity (Wildman–Crippen MR) is 296 cm³/mol. The second kappa shape index (κ2) is 15.4. The lowest BCUT2D eigenvalue weighted by molar-refractivity contribution is 0.660. The minimum Gasteiger partial charge on any atom is -0.376 e. The molecule has 1 aliphatic carbocycles. The minimum absolute atomic E-state index is 0.0694. The second-order valence-electron chi connectivity index (χ2n) is 20.8. The summed E-state index contributed by atoms with van der Waals surface area (Å²) in [5.41, 5.74) is 23.7. The van der Waals surface area contributed by atoms with E-state index < -0.39 is 0 Å². The highest BCUT2D eigenvalue weighted by atomic mass is 15.1. The predicted octanol–water partition coefficient (Wildman–Crippen LogP) is 16.0. The van der Waals surface area contributed by atoms with Crippen LogP contribution < -0.4 is 15.7 Å². The van der Waals surface area contributed by atoms with Crippen molar-refractivity contribution in [2.75, 3.05) is 4.81 Å². The van der Waals surface area contributed by atoms with Crippen molar-refractivity contribution in [2.24, 2.45) is 0 Å². The van der Waals surface area contributed by atoms with Crippen LogP contribution in [0.4, 0.5) is 11.4 Å². The molecule has 0 amide bonds. The minimum atomic E-state index is -0.159. The van der Waals surface area contributed by atoms with Crippen LogP contribution in [-0.4, -0.2) is 16.0 Å². The molecule has 3 aliphatic rings. The van der Waals surface area contributed by atoms with Gasteiger partial charge in [-0.1, -0.05) is 175 Å². The molecule has 0 radical (unpaired) electrons. The van der Waals surface area contributed by atoms with Gasteiger partial charge in [0.1, 0.15) is 0 Å². The first-order valence-electron chi connectivity index (χ1n) is 25.8. The van der Waals surface area contributed by atoms with Crippen molar-refractivity contribution >= 4 is 83.5 Å². The Balaban J connectivity index is 1.17. The molecule has 69 heavy (non-hydrogen) atoms. The van der Waals surface area contributed by atoms with Crippen molar-refractivity contribution in [1.29, 1.82) is 0 Å². The van der Waals surface area contributed by atoms with Crippen molar-refractivity contribution in [1.82, 2.24) is 9.13 Å². The number of aromatic nitrogens is 2. The maximum atomic E-state index is 2.76. The van der Waals surface area contributed by atoms with Gasteiger partial charge in [0, 0.05) is 55.0 Å². The smallest absolute Gasteiger partial charge is 0.333 e. The molecule has 4 heterocycles. The Hall–Kier alpha value is -7.30. The van der Waals surface area contributed by atoms with Gasteiger partial charge in [-0.25, -0.2) is 0 Å². The summed E-state index contributed by atoms with van der Waals surface area (Å²) in [5, 5.41) is 7.71.